The molecule has 0 spiro atoms. The summed E-state index contributed by atoms with van der Waals surface area (Å²) in [4.78, 5) is 11.3. The maximum atomic E-state index is 11.3. The number of nitrogens with two attached hydrogens (primary N) is 1. The van der Waals surface area contributed by atoms with Crippen LogP contribution in [-0.2, 0) is 4.79 Å². The lowest BCUT2D eigenvalue weighted by molar-refractivity contribution is -0.125. The van der Waals surface area contributed by atoms with E-state index < -0.39 is 0 Å². The predicted octanol–water partition coefficient (Wildman–Crippen LogP) is 0.743. The zero-order valence-electron chi connectivity index (χ0n) is 8.26. The molecule has 0 aromatic heterocycles. The first-order valence-electron chi connectivity index (χ1n) is 4.59. The lowest BCUT2D eigenvalue weighted by Gasteiger charge is -2.15. The number of hydrogen-bond acceptors (Lipinski definition) is 2. The Bertz CT molecular complexity index is 134. The van der Waals surface area contributed by atoms with E-state index in [9.17, 15) is 4.79 Å². The van der Waals surface area contributed by atoms with Crippen LogP contribution in [0.5, 0.6) is 0 Å². The van der Waals surface area contributed by atoms with Gasteiger partial charge in [-0.15, -0.1) is 0 Å². The molecule has 0 radical (unpaired) electrons. The summed E-state index contributed by atoms with van der Waals surface area (Å²) in [5.74, 6) is 0.611. The number of carbonyl (C=O) groups excluding carboxylic acids is 1. The molecule has 0 fully saturated rings. The predicted molar refractivity (Wildman–Crippen MR) is 50.7 cm³/mol. The minimum absolute atomic E-state index is 0.00931. The molecule has 1 unspecified atom stereocenters. The molecule has 3 heteroatoms. The second-order valence-corrected chi connectivity index (χ2v) is 3.46. The summed E-state index contributed by atoms with van der Waals surface area (Å²) in [5.41, 5.74) is 5.49. The van der Waals surface area contributed by atoms with E-state index in [0.29, 0.717) is 19.0 Å². The molecule has 0 saturated carbocycles. The Balaban J connectivity index is 3.87. The van der Waals surface area contributed by atoms with Gasteiger partial charge in [0.25, 0.3) is 0 Å². The molecular weight excluding hydrogens is 152 g/mol. The Kier molecular flexibility index (Phi) is 5.72. The topological polar surface area (TPSA) is 55.1 Å². The molecule has 0 aromatic carbocycles. The van der Waals surface area contributed by atoms with E-state index >= 15 is 0 Å². The van der Waals surface area contributed by atoms with Gasteiger partial charge in [-0.3, -0.25) is 4.79 Å². The third kappa shape index (κ3) is 4.34. The number of hydrogen-bond donors (Lipinski definition) is 2. The van der Waals surface area contributed by atoms with E-state index in [-0.39, 0.29) is 11.8 Å². The number of carbonyl (C=O) groups is 1. The van der Waals surface area contributed by atoms with Gasteiger partial charge in [0.1, 0.15) is 0 Å². The molecule has 1 atom stereocenters. The van der Waals surface area contributed by atoms with Gasteiger partial charge in [0.05, 0.1) is 5.92 Å². The van der Waals surface area contributed by atoms with E-state index in [0.717, 1.165) is 6.42 Å². The lowest BCUT2D eigenvalue weighted by atomic mass is 9.96. The van der Waals surface area contributed by atoms with Crippen LogP contribution in [0.1, 0.15) is 27.2 Å². The second kappa shape index (κ2) is 6.00. The van der Waals surface area contributed by atoms with Crippen LogP contribution in [0, 0.1) is 11.8 Å². The van der Waals surface area contributed by atoms with Crippen LogP contribution in [0.15, 0.2) is 0 Å². The number of rotatable bonds is 5. The van der Waals surface area contributed by atoms with Crippen molar-refractivity contribution in [2.45, 2.75) is 27.2 Å². The van der Waals surface area contributed by atoms with Crippen LogP contribution in [0.2, 0.25) is 0 Å². The van der Waals surface area contributed by atoms with Gasteiger partial charge >= 0.3 is 0 Å². The summed E-state index contributed by atoms with van der Waals surface area (Å²) in [7, 11) is 0. The molecular formula is C9H20N2O. The Morgan fingerprint density at radius 3 is 2.42 bits per heavy atom. The molecule has 3 N–H and O–H groups in total. The Morgan fingerprint density at radius 2 is 2.08 bits per heavy atom. The zero-order chi connectivity index (χ0) is 9.56. The zero-order valence-corrected chi connectivity index (χ0v) is 8.26. The lowest BCUT2D eigenvalue weighted by Crippen LogP contribution is -2.35. The normalized spacial score (nSPS) is 13.1. The maximum Gasteiger partial charge on any atom is 0.224 e. The van der Waals surface area contributed by atoms with Crippen molar-refractivity contribution in [1.82, 2.24) is 5.32 Å². The molecule has 0 aromatic rings. The third-order valence-corrected chi connectivity index (χ3v) is 1.76. The first-order valence-corrected chi connectivity index (χ1v) is 4.59. The largest absolute Gasteiger partial charge is 0.356 e. The van der Waals surface area contributed by atoms with Crippen LogP contribution in [0.4, 0.5) is 0 Å². The third-order valence-electron chi connectivity index (χ3n) is 1.76. The molecule has 0 bridgehead atoms. The average Bonchev–Trinajstić information content (AvgIpc) is 2.00. The van der Waals surface area contributed by atoms with Gasteiger partial charge in [-0.1, -0.05) is 13.8 Å². The molecule has 0 aliphatic rings. The van der Waals surface area contributed by atoms with Crippen LogP contribution in [0.25, 0.3) is 0 Å². The fraction of sp³-hybridized carbons (Fsp3) is 0.889. The monoisotopic (exact) mass is 172 g/mol. The van der Waals surface area contributed by atoms with Crippen LogP contribution in [-0.4, -0.2) is 19.0 Å². The van der Waals surface area contributed by atoms with Crippen LogP contribution in [0.3, 0.4) is 0 Å². The Labute approximate surface area is 74.7 Å². The minimum Gasteiger partial charge on any atom is -0.356 e. The molecule has 0 aliphatic carbocycles. The highest BCUT2D eigenvalue weighted by atomic mass is 16.1. The van der Waals surface area contributed by atoms with Crippen LogP contribution >= 0.6 is 0 Å². The average molecular weight is 172 g/mol. The summed E-state index contributed by atoms with van der Waals surface area (Å²) < 4.78 is 0. The van der Waals surface area contributed by atoms with E-state index in [1.54, 1.807) is 0 Å². The SMILES string of the molecule is CCNC(=O)C(CN)CC(C)C. The highest BCUT2D eigenvalue weighted by molar-refractivity contribution is 5.78. The van der Waals surface area contributed by atoms with Gasteiger partial charge in [-0.05, 0) is 19.3 Å². The van der Waals surface area contributed by atoms with Crippen molar-refractivity contribution in [2.75, 3.05) is 13.1 Å². The van der Waals surface area contributed by atoms with Gasteiger partial charge in [0.2, 0.25) is 5.91 Å². The molecule has 0 saturated heterocycles. The first kappa shape index (κ1) is 11.4. The summed E-state index contributed by atoms with van der Waals surface area (Å²) in [6.45, 7) is 7.25. The van der Waals surface area contributed by atoms with Gasteiger partial charge in [0.15, 0.2) is 0 Å². The van der Waals surface area contributed by atoms with Crippen molar-refractivity contribution >= 4 is 5.91 Å². The Morgan fingerprint density at radius 1 is 1.50 bits per heavy atom. The van der Waals surface area contributed by atoms with E-state index in [1.807, 2.05) is 6.92 Å². The van der Waals surface area contributed by atoms with E-state index in [1.165, 1.54) is 0 Å². The van der Waals surface area contributed by atoms with Crippen molar-refractivity contribution in [3.05, 3.63) is 0 Å². The summed E-state index contributed by atoms with van der Waals surface area (Å²) >= 11 is 0. The summed E-state index contributed by atoms with van der Waals surface area (Å²) in [6.07, 6.45) is 0.877. The van der Waals surface area contributed by atoms with Gasteiger partial charge < -0.3 is 11.1 Å². The van der Waals surface area contributed by atoms with E-state index in [4.69, 9.17) is 5.73 Å². The van der Waals surface area contributed by atoms with Crippen molar-refractivity contribution in [3.8, 4) is 0 Å². The standard InChI is InChI=1S/C9H20N2O/c1-4-11-9(12)8(6-10)5-7(2)3/h7-8H,4-6,10H2,1-3H3,(H,11,12). The highest BCUT2D eigenvalue weighted by Crippen LogP contribution is 2.10. The van der Waals surface area contributed by atoms with Gasteiger partial charge in [-0.25, -0.2) is 0 Å². The summed E-state index contributed by atoms with van der Waals surface area (Å²) in [6, 6.07) is 0. The number of nitrogens with one attached hydrogen (secondary N) is 1. The smallest absolute Gasteiger partial charge is 0.224 e. The highest BCUT2D eigenvalue weighted by Gasteiger charge is 2.16. The quantitative estimate of drug-likeness (QED) is 0.642. The van der Waals surface area contributed by atoms with Crippen LogP contribution < -0.4 is 11.1 Å². The molecule has 12 heavy (non-hydrogen) atoms. The van der Waals surface area contributed by atoms with Crippen molar-refractivity contribution in [1.29, 1.82) is 0 Å². The number of amides is 1. The van der Waals surface area contributed by atoms with Gasteiger partial charge in [-0.2, -0.15) is 0 Å². The minimum atomic E-state index is -0.00931. The molecule has 0 heterocycles. The molecule has 1 amide bonds. The summed E-state index contributed by atoms with van der Waals surface area (Å²) in [5, 5.41) is 2.78. The van der Waals surface area contributed by atoms with Crippen molar-refractivity contribution < 1.29 is 4.79 Å². The van der Waals surface area contributed by atoms with Crippen molar-refractivity contribution in [2.24, 2.45) is 17.6 Å². The molecule has 72 valence electrons. The fourth-order valence-corrected chi connectivity index (χ4v) is 1.20. The molecule has 3 nitrogen and oxygen atoms in total. The first-order chi connectivity index (χ1) is 5.61. The second-order valence-electron chi connectivity index (χ2n) is 3.46. The maximum absolute atomic E-state index is 11.3. The van der Waals surface area contributed by atoms with Crippen molar-refractivity contribution in [3.63, 3.8) is 0 Å². The Hall–Kier alpha value is -0.570. The fourth-order valence-electron chi connectivity index (χ4n) is 1.20. The molecule has 0 rings (SSSR count). The van der Waals surface area contributed by atoms with Gasteiger partial charge in [0, 0.05) is 13.1 Å². The molecule has 0 aliphatic heterocycles. The van der Waals surface area contributed by atoms with E-state index in [2.05, 4.69) is 19.2 Å².